The molecular formula is C31H32F3N5O3. The minimum atomic E-state index is -3.45. The van der Waals surface area contributed by atoms with Crippen molar-refractivity contribution in [2.75, 3.05) is 24.5 Å². The number of halogens is 3. The highest BCUT2D eigenvalue weighted by molar-refractivity contribution is 6.27. The van der Waals surface area contributed by atoms with Gasteiger partial charge in [-0.1, -0.05) is 44.7 Å². The Morgan fingerprint density at radius 3 is 2.57 bits per heavy atom. The highest BCUT2D eigenvalue weighted by atomic mass is 19.2. The number of aliphatic imine (C=N–C) groups is 1. The standard InChI is InChI=1S/C31H32F3N5O3/c1-6-25(41)38-14-13-37(16-19(38)5)28-21-15-24(33)31(34,26-22(32)11-8-12-23(26)40)36-29(21)39(30(42)35-28)27-18(4)9-7-10-20(27)17(2)3/h6-12,15,17,19,40H,1,13-14,16H2,2-5H3,(H,35,42)/t19-,31?/m0/s1. The summed E-state index contributed by atoms with van der Waals surface area (Å²) in [4.78, 5) is 34.9. The Morgan fingerprint density at radius 1 is 1.21 bits per heavy atom. The maximum absolute atomic E-state index is 16.7. The third-order valence-corrected chi connectivity index (χ3v) is 7.82. The number of para-hydroxylation sites is 1. The molecule has 1 saturated heterocycles. The number of dihydropyridines is 1. The number of nitrogens with one attached hydrogen (secondary N) is 1. The number of nitrogens with zero attached hydrogens (tertiary/aromatic N) is 4. The SMILES string of the molecule is C=CC(=O)N1CCN(C2=C3C=C(F)C(F)(c4c(O)cccc4F)N=C3N(c3c(C)cccc3C(C)C)C(=O)N2)C[C@@H]1C. The van der Waals surface area contributed by atoms with E-state index in [1.165, 1.54) is 17.0 Å². The quantitative estimate of drug-likeness (QED) is 0.361. The van der Waals surface area contributed by atoms with Gasteiger partial charge in [0.15, 0.2) is 11.7 Å². The molecule has 0 aliphatic carbocycles. The van der Waals surface area contributed by atoms with Crippen molar-refractivity contribution in [3.05, 3.63) is 94.9 Å². The van der Waals surface area contributed by atoms with Crippen molar-refractivity contribution in [1.29, 1.82) is 0 Å². The van der Waals surface area contributed by atoms with E-state index in [9.17, 15) is 19.1 Å². The molecule has 11 heteroatoms. The molecule has 1 fully saturated rings. The number of carbonyl (C=O) groups is 2. The van der Waals surface area contributed by atoms with Gasteiger partial charge in [0.2, 0.25) is 5.91 Å². The second kappa shape index (κ2) is 10.7. The molecule has 1 unspecified atom stereocenters. The smallest absolute Gasteiger partial charge is 0.333 e. The van der Waals surface area contributed by atoms with Gasteiger partial charge in [0, 0.05) is 25.7 Å². The van der Waals surface area contributed by atoms with E-state index in [4.69, 9.17) is 0 Å². The molecule has 2 aromatic carbocycles. The Hall–Kier alpha value is -4.54. The summed E-state index contributed by atoms with van der Waals surface area (Å²) in [6, 6.07) is 7.61. The fourth-order valence-corrected chi connectivity index (χ4v) is 5.74. The number of alkyl halides is 1. The third kappa shape index (κ3) is 4.62. The van der Waals surface area contributed by atoms with E-state index < -0.39 is 34.8 Å². The Labute approximate surface area is 242 Å². The molecule has 2 aromatic rings. The first-order valence-electron chi connectivity index (χ1n) is 13.7. The summed E-state index contributed by atoms with van der Waals surface area (Å²) in [5.41, 5.74) is 0.960. The normalized spacial score (nSPS) is 22.5. The number of phenolic OH excluding ortho intramolecular Hbond substituents is 1. The fourth-order valence-electron chi connectivity index (χ4n) is 5.74. The Balaban J connectivity index is 1.73. The number of carbonyl (C=O) groups excluding carboxylic acids is 2. The number of urea groups is 1. The Kier molecular flexibility index (Phi) is 7.38. The molecule has 3 heterocycles. The summed E-state index contributed by atoms with van der Waals surface area (Å²) >= 11 is 0. The average Bonchev–Trinajstić information content (AvgIpc) is 2.93. The second-order valence-corrected chi connectivity index (χ2v) is 10.9. The number of amidine groups is 1. The van der Waals surface area contributed by atoms with E-state index in [1.807, 2.05) is 32.9 Å². The summed E-state index contributed by atoms with van der Waals surface area (Å²) < 4.78 is 47.5. The highest BCUT2D eigenvalue weighted by Gasteiger charge is 2.49. The Bertz CT molecular complexity index is 1560. The van der Waals surface area contributed by atoms with E-state index in [-0.39, 0.29) is 48.2 Å². The van der Waals surface area contributed by atoms with Crippen molar-refractivity contribution in [2.24, 2.45) is 4.99 Å². The molecule has 0 bridgehead atoms. The molecule has 0 aromatic heterocycles. The maximum Gasteiger partial charge on any atom is 0.333 e. The zero-order chi connectivity index (χ0) is 30.5. The summed E-state index contributed by atoms with van der Waals surface area (Å²) in [6.45, 7) is 11.9. The minimum absolute atomic E-state index is 0.0555. The number of amides is 3. The largest absolute Gasteiger partial charge is 0.507 e. The molecular weight excluding hydrogens is 547 g/mol. The zero-order valence-electron chi connectivity index (χ0n) is 23.8. The van der Waals surface area contributed by atoms with Crippen molar-refractivity contribution in [2.45, 2.75) is 45.4 Å². The van der Waals surface area contributed by atoms with Gasteiger partial charge in [-0.25, -0.2) is 27.9 Å². The molecule has 2 N–H and O–H groups in total. The van der Waals surface area contributed by atoms with Gasteiger partial charge in [-0.05, 0) is 55.2 Å². The number of aryl methyl sites for hydroxylation is 1. The first-order valence-corrected chi connectivity index (χ1v) is 13.7. The number of aromatic hydroxyl groups is 1. The van der Waals surface area contributed by atoms with Crippen LogP contribution in [0.15, 0.2) is 77.3 Å². The molecule has 5 rings (SSSR count). The molecule has 0 saturated carbocycles. The molecule has 0 radical (unpaired) electrons. The molecule has 3 aliphatic heterocycles. The van der Waals surface area contributed by atoms with E-state index in [2.05, 4.69) is 16.9 Å². The summed E-state index contributed by atoms with van der Waals surface area (Å²) in [7, 11) is 0. The molecule has 220 valence electrons. The molecule has 3 amide bonds. The number of piperazine rings is 1. The van der Waals surface area contributed by atoms with E-state index in [1.54, 1.807) is 22.8 Å². The number of rotatable bonds is 5. The van der Waals surface area contributed by atoms with Crippen LogP contribution in [0, 0.1) is 12.7 Å². The van der Waals surface area contributed by atoms with Crippen LogP contribution in [-0.4, -0.2) is 58.4 Å². The van der Waals surface area contributed by atoms with Crippen LogP contribution in [0.1, 0.15) is 43.4 Å². The van der Waals surface area contributed by atoms with Gasteiger partial charge in [-0.2, -0.15) is 0 Å². The zero-order valence-corrected chi connectivity index (χ0v) is 23.8. The van der Waals surface area contributed by atoms with Gasteiger partial charge in [-0.15, -0.1) is 0 Å². The van der Waals surface area contributed by atoms with E-state index in [0.717, 1.165) is 23.8 Å². The monoisotopic (exact) mass is 579 g/mol. The van der Waals surface area contributed by atoms with Crippen molar-refractivity contribution in [3.63, 3.8) is 0 Å². The first kappa shape index (κ1) is 29.0. The summed E-state index contributed by atoms with van der Waals surface area (Å²) in [5, 5.41) is 13.2. The van der Waals surface area contributed by atoms with Gasteiger partial charge in [-0.3, -0.25) is 10.1 Å². The van der Waals surface area contributed by atoms with Crippen LogP contribution in [0.2, 0.25) is 0 Å². The lowest BCUT2D eigenvalue weighted by molar-refractivity contribution is -0.130. The lowest BCUT2D eigenvalue weighted by Gasteiger charge is -2.45. The van der Waals surface area contributed by atoms with Crippen molar-refractivity contribution < 1.29 is 27.9 Å². The average molecular weight is 580 g/mol. The van der Waals surface area contributed by atoms with Gasteiger partial charge in [0.1, 0.15) is 17.4 Å². The van der Waals surface area contributed by atoms with Crippen molar-refractivity contribution in [1.82, 2.24) is 15.1 Å². The fraction of sp³-hybridized carbons (Fsp3) is 0.323. The number of benzene rings is 2. The topological polar surface area (TPSA) is 88.5 Å². The van der Waals surface area contributed by atoms with E-state index >= 15 is 8.78 Å². The predicted octanol–water partition coefficient (Wildman–Crippen LogP) is 5.51. The van der Waals surface area contributed by atoms with Crippen LogP contribution < -0.4 is 10.2 Å². The number of hydrogen-bond acceptors (Lipinski definition) is 5. The number of hydrogen-bond donors (Lipinski definition) is 2. The molecule has 42 heavy (non-hydrogen) atoms. The molecule has 8 nitrogen and oxygen atoms in total. The predicted molar refractivity (Wildman–Crippen MR) is 154 cm³/mol. The summed E-state index contributed by atoms with van der Waals surface area (Å²) in [5.74, 6) is -7.27. The maximum atomic E-state index is 16.7. The Morgan fingerprint density at radius 2 is 1.93 bits per heavy atom. The van der Waals surface area contributed by atoms with Crippen LogP contribution >= 0.6 is 0 Å². The lowest BCUT2D eigenvalue weighted by Crippen LogP contribution is -2.59. The number of anilines is 1. The van der Waals surface area contributed by atoms with Gasteiger partial charge >= 0.3 is 6.03 Å². The third-order valence-electron chi connectivity index (χ3n) is 7.82. The van der Waals surface area contributed by atoms with Crippen LogP contribution in [0.5, 0.6) is 5.75 Å². The van der Waals surface area contributed by atoms with Crippen molar-refractivity contribution in [3.8, 4) is 5.75 Å². The van der Waals surface area contributed by atoms with Gasteiger partial charge < -0.3 is 14.9 Å². The van der Waals surface area contributed by atoms with E-state index in [0.29, 0.717) is 17.8 Å². The number of phenols is 1. The molecule has 3 aliphatic rings. The van der Waals surface area contributed by atoms with Crippen LogP contribution in [0.4, 0.5) is 23.7 Å². The van der Waals surface area contributed by atoms with Crippen LogP contribution in [-0.2, 0) is 10.6 Å². The van der Waals surface area contributed by atoms with Gasteiger partial charge in [0.05, 0.1) is 16.8 Å². The summed E-state index contributed by atoms with van der Waals surface area (Å²) in [6.07, 6.45) is 2.11. The molecule has 2 atom stereocenters. The minimum Gasteiger partial charge on any atom is -0.507 e. The van der Waals surface area contributed by atoms with Gasteiger partial charge in [0.25, 0.3) is 5.79 Å². The first-order chi connectivity index (χ1) is 19.9. The van der Waals surface area contributed by atoms with Crippen LogP contribution in [0.25, 0.3) is 0 Å². The highest BCUT2D eigenvalue weighted by Crippen LogP contribution is 2.47. The molecule has 0 spiro atoms. The number of fused-ring (bicyclic) bond motifs is 1. The second-order valence-electron chi connectivity index (χ2n) is 10.9. The van der Waals surface area contributed by atoms with Crippen molar-refractivity contribution >= 4 is 23.5 Å². The lowest BCUT2D eigenvalue weighted by atomic mass is 9.93. The van der Waals surface area contributed by atoms with Crippen LogP contribution in [0.3, 0.4) is 0 Å².